The van der Waals surface area contributed by atoms with E-state index in [9.17, 15) is 9.59 Å². The first-order chi connectivity index (χ1) is 10.7. The van der Waals surface area contributed by atoms with Crippen LogP contribution < -0.4 is 0 Å². The van der Waals surface area contributed by atoms with Crippen LogP contribution in [0.1, 0.15) is 62.3 Å². The second kappa shape index (κ2) is 7.09. The molecule has 0 saturated carbocycles. The van der Waals surface area contributed by atoms with Crippen LogP contribution in [0.15, 0.2) is 24.3 Å². The summed E-state index contributed by atoms with van der Waals surface area (Å²) in [5.74, 6) is -0.947. The van der Waals surface area contributed by atoms with Gasteiger partial charge in [0.25, 0.3) is 8.32 Å². The zero-order valence-corrected chi connectivity index (χ0v) is 17.1. The van der Waals surface area contributed by atoms with Crippen molar-refractivity contribution in [3.63, 3.8) is 0 Å². The lowest BCUT2D eigenvalue weighted by Gasteiger charge is -2.35. The second-order valence-electron chi connectivity index (χ2n) is 8.83. The van der Waals surface area contributed by atoms with Crippen molar-refractivity contribution in [2.45, 2.75) is 59.7 Å². The van der Waals surface area contributed by atoms with E-state index >= 15 is 0 Å². The topological polar surface area (TPSA) is 52.6 Å². The number of hydrogen-bond donors (Lipinski definition) is 0. The Labute approximate surface area is 146 Å². The fourth-order valence-electron chi connectivity index (χ4n) is 1.64. The number of esters is 1. The van der Waals surface area contributed by atoms with Crippen molar-refractivity contribution in [3.05, 3.63) is 35.4 Å². The lowest BCUT2D eigenvalue weighted by Crippen LogP contribution is -2.42. The number of hydrogen-bond acceptors (Lipinski definition) is 4. The van der Waals surface area contributed by atoms with Crippen molar-refractivity contribution in [3.8, 4) is 0 Å². The lowest BCUT2D eigenvalue weighted by atomic mass is 9.98. The number of benzene rings is 1. The van der Waals surface area contributed by atoms with Crippen molar-refractivity contribution in [1.82, 2.24) is 0 Å². The van der Waals surface area contributed by atoms with Crippen LogP contribution in [-0.4, -0.2) is 26.9 Å². The monoisotopic (exact) mass is 350 g/mol. The third-order valence-corrected chi connectivity index (χ3v) is 8.47. The normalized spacial score (nSPS) is 12.7. The number of carbonyl (C=O) groups excluding carboxylic acids is 2. The Balaban J connectivity index is 3.02. The van der Waals surface area contributed by atoms with Gasteiger partial charge >= 0.3 is 11.9 Å². The second-order valence-corrected chi connectivity index (χ2v) is 13.6. The molecular weight excluding hydrogens is 320 g/mol. The van der Waals surface area contributed by atoms with Crippen LogP contribution in [0.5, 0.6) is 0 Å². The smallest absolute Gasteiger partial charge is 0.339 e. The highest BCUT2D eigenvalue weighted by atomic mass is 28.4. The minimum absolute atomic E-state index is 0.0929. The Morgan fingerprint density at radius 2 is 1.38 bits per heavy atom. The molecule has 0 N–H and O–H groups in total. The van der Waals surface area contributed by atoms with E-state index in [1.165, 1.54) is 0 Å². The fraction of sp³-hybridized carbons (Fsp3) is 0.579. The molecule has 1 rings (SSSR count). The van der Waals surface area contributed by atoms with Crippen molar-refractivity contribution in [2.75, 3.05) is 6.61 Å². The third-order valence-electron chi connectivity index (χ3n) is 4.16. The molecule has 0 amide bonds. The van der Waals surface area contributed by atoms with Crippen molar-refractivity contribution in [2.24, 2.45) is 5.41 Å². The molecule has 5 heteroatoms. The fourth-order valence-corrected chi connectivity index (χ4v) is 2.52. The van der Waals surface area contributed by atoms with Crippen LogP contribution in [0.25, 0.3) is 0 Å². The van der Waals surface area contributed by atoms with Gasteiger partial charge < -0.3 is 9.16 Å². The maximum atomic E-state index is 12.6. The highest BCUT2D eigenvalue weighted by Crippen LogP contribution is 2.37. The van der Waals surface area contributed by atoms with Crippen LogP contribution in [0.2, 0.25) is 18.1 Å². The molecule has 0 unspecified atom stereocenters. The van der Waals surface area contributed by atoms with Gasteiger partial charge in [0.15, 0.2) is 0 Å². The van der Waals surface area contributed by atoms with Crippen LogP contribution in [0.3, 0.4) is 0 Å². The van der Waals surface area contributed by atoms with Gasteiger partial charge in [0.2, 0.25) is 0 Å². The average molecular weight is 351 g/mol. The van der Waals surface area contributed by atoms with Crippen LogP contribution >= 0.6 is 0 Å². The van der Waals surface area contributed by atoms with Crippen molar-refractivity contribution in [1.29, 1.82) is 0 Å². The Morgan fingerprint density at radius 1 is 0.917 bits per heavy atom. The van der Waals surface area contributed by atoms with Gasteiger partial charge in [-0.05, 0) is 35.7 Å². The molecule has 0 bridgehead atoms. The molecule has 24 heavy (non-hydrogen) atoms. The summed E-state index contributed by atoms with van der Waals surface area (Å²) in [4.78, 5) is 25.0. The minimum Gasteiger partial charge on any atom is -0.516 e. The van der Waals surface area contributed by atoms with Crippen LogP contribution in [0.4, 0.5) is 0 Å². The summed E-state index contributed by atoms with van der Waals surface area (Å²) in [7, 11) is -2.26. The van der Waals surface area contributed by atoms with E-state index in [-0.39, 0.29) is 28.2 Å². The van der Waals surface area contributed by atoms with Gasteiger partial charge in [0.05, 0.1) is 17.7 Å². The molecule has 0 saturated heterocycles. The highest BCUT2D eigenvalue weighted by Gasteiger charge is 2.41. The van der Waals surface area contributed by atoms with Crippen molar-refractivity contribution >= 4 is 20.3 Å². The third kappa shape index (κ3) is 5.48. The van der Waals surface area contributed by atoms with Gasteiger partial charge in [-0.1, -0.05) is 53.7 Å². The zero-order valence-electron chi connectivity index (χ0n) is 16.1. The van der Waals surface area contributed by atoms with Gasteiger partial charge in [-0.3, -0.25) is 0 Å². The first kappa shape index (κ1) is 20.4. The maximum absolute atomic E-state index is 12.6. The van der Waals surface area contributed by atoms with Crippen LogP contribution in [0, 0.1) is 5.41 Å². The van der Waals surface area contributed by atoms with Gasteiger partial charge in [-0.15, -0.1) is 0 Å². The van der Waals surface area contributed by atoms with Crippen molar-refractivity contribution < 1.29 is 18.8 Å². The van der Waals surface area contributed by atoms with Crippen LogP contribution in [-0.2, 0) is 9.16 Å². The minimum atomic E-state index is -2.26. The highest BCUT2D eigenvalue weighted by molar-refractivity contribution is 6.75. The molecule has 0 aromatic heterocycles. The number of rotatable bonds is 4. The van der Waals surface area contributed by atoms with E-state index in [0.717, 1.165) is 0 Å². The summed E-state index contributed by atoms with van der Waals surface area (Å²) in [6.07, 6.45) is 0. The van der Waals surface area contributed by atoms with E-state index in [1.54, 1.807) is 24.3 Å². The zero-order chi connectivity index (χ0) is 18.8. The summed E-state index contributed by atoms with van der Waals surface area (Å²) >= 11 is 0. The van der Waals surface area contributed by atoms with Gasteiger partial charge in [0.1, 0.15) is 0 Å². The molecule has 0 radical (unpaired) electrons. The van der Waals surface area contributed by atoms with Gasteiger partial charge in [-0.25, -0.2) is 9.59 Å². The molecule has 134 valence electrons. The summed E-state index contributed by atoms with van der Waals surface area (Å²) in [6, 6.07) is 6.66. The van der Waals surface area contributed by atoms with E-state index in [1.807, 2.05) is 33.9 Å². The lowest BCUT2D eigenvalue weighted by molar-refractivity contribution is 0.0361. The van der Waals surface area contributed by atoms with E-state index in [2.05, 4.69) is 20.8 Å². The number of carbonyl (C=O) groups is 2. The summed E-state index contributed by atoms with van der Waals surface area (Å²) < 4.78 is 11.2. The standard InChI is InChI=1S/C19H30O4Si/c1-18(2,3)13-22-16(20)14-11-9-10-12-15(14)17(21)23-24(7,8)19(4,5)6/h9-12H,13H2,1-8H3. The molecular formula is C19H30O4Si. The van der Waals surface area contributed by atoms with E-state index in [4.69, 9.17) is 9.16 Å². The molecule has 1 aromatic rings. The molecule has 0 aliphatic heterocycles. The summed E-state index contributed by atoms with van der Waals surface area (Å²) in [6.45, 7) is 16.4. The Bertz CT molecular complexity index is 607. The SMILES string of the molecule is CC(C)(C)COC(=O)c1ccccc1C(=O)O[Si](C)(C)C(C)(C)C. The Kier molecular flexibility index (Phi) is 6.03. The first-order valence-corrected chi connectivity index (χ1v) is 11.1. The quantitative estimate of drug-likeness (QED) is 0.563. The predicted octanol–water partition coefficient (Wildman–Crippen LogP) is 5.05. The molecule has 0 fully saturated rings. The first-order valence-electron chi connectivity index (χ1n) is 8.24. The maximum Gasteiger partial charge on any atom is 0.339 e. The molecule has 1 aromatic carbocycles. The Morgan fingerprint density at radius 3 is 1.79 bits per heavy atom. The predicted molar refractivity (Wildman–Crippen MR) is 98.8 cm³/mol. The van der Waals surface area contributed by atoms with Gasteiger partial charge in [-0.2, -0.15) is 0 Å². The molecule has 0 aliphatic carbocycles. The molecule has 4 nitrogen and oxygen atoms in total. The molecule has 0 heterocycles. The Hall–Kier alpha value is -1.62. The summed E-state index contributed by atoms with van der Waals surface area (Å²) in [5, 5.41) is -0.0929. The van der Waals surface area contributed by atoms with E-state index in [0.29, 0.717) is 0 Å². The molecule has 0 spiro atoms. The number of ether oxygens (including phenoxy) is 1. The largest absolute Gasteiger partial charge is 0.516 e. The van der Waals surface area contributed by atoms with E-state index < -0.39 is 20.3 Å². The summed E-state index contributed by atoms with van der Waals surface area (Å²) in [5.41, 5.74) is 0.387. The molecule has 0 aliphatic rings. The average Bonchev–Trinajstić information content (AvgIpc) is 2.42. The molecule has 0 atom stereocenters. The van der Waals surface area contributed by atoms with Gasteiger partial charge in [0, 0.05) is 0 Å².